The fraction of sp³-hybridized carbons (Fsp3) is 0.471. The Bertz CT molecular complexity index is 617. The molecule has 2 aliphatic rings. The Balaban J connectivity index is 1.73. The molecule has 3 rings (SSSR count). The van der Waals surface area contributed by atoms with Crippen LogP contribution in [0.5, 0.6) is 0 Å². The topological polar surface area (TPSA) is 55.1 Å². The van der Waals surface area contributed by atoms with E-state index in [9.17, 15) is 4.79 Å². The number of fused-ring (bicyclic) bond motifs is 2. The number of rotatable bonds is 2. The minimum Gasteiger partial charge on any atom is -0.324 e. The summed E-state index contributed by atoms with van der Waals surface area (Å²) >= 11 is 6.17. The number of benzene rings is 1. The lowest BCUT2D eigenvalue weighted by Gasteiger charge is -2.21. The van der Waals surface area contributed by atoms with Gasteiger partial charge >= 0.3 is 0 Å². The zero-order chi connectivity index (χ0) is 14.8. The van der Waals surface area contributed by atoms with Crippen LogP contribution in [0.1, 0.15) is 31.2 Å². The molecule has 0 aliphatic heterocycles. The van der Waals surface area contributed by atoms with Gasteiger partial charge in [-0.15, -0.1) is 0 Å². The maximum Gasteiger partial charge on any atom is 0.227 e. The number of hydrogen-bond donors (Lipinski definition) is 2. The third-order valence-electron chi connectivity index (χ3n) is 4.63. The molecule has 3 atom stereocenters. The standard InChI is InChI=1S/C17H19ClN2O/c18-15-6-4-11(2-1-7-19)10-16(15)20-17(21)14-9-12-3-5-13(14)8-12/h4,6,10,12-14H,3,5,7-9,19H2,(H,20,21). The Morgan fingerprint density at radius 3 is 2.90 bits per heavy atom. The molecule has 3 nitrogen and oxygen atoms in total. The molecule has 3 unspecified atom stereocenters. The first-order valence-corrected chi connectivity index (χ1v) is 7.84. The Morgan fingerprint density at radius 1 is 1.38 bits per heavy atom. The number of halogens is 1. The number of hydrogen-bond acceptors (Lipinski definition) is 2. The molecule has 2 fully saturated rings. The molecular weight excluding hydrogens is 284 g/mol. The third-order valence-corrected chi connectivity index (χ3v) is 4.96. The summed E-state index contributed by atoms with van der Waals surface area (Å²) in [6, 6.07) is 5.41. The first kappa shape index (κ1) is 14.4. The van der Waals surface area contributed by atoms with Crippen LogP contribution in [0.2, 0.25) is 5.02 Å². The van der Waals surface area contributed by atoms with Crippen LogP contribution in [-0.2, 0) is 4.79 Å². The van der Waals surface area contributed by atoms with E-state index in [1.54, 1.807) is 6.07 Å². The number of nitrogens with two attached hydrogens (primary N) is 1. The van der Waals surface area contributed by atoms with E-state index in [2.05, 4.69) is 17.2 Å². The number of nitrogens with one attached hydrogen (secondary N) is 1. The second-order valence-corrected chi connectivity index (χ2v) is 6.38. The molecule has 0 spiro atoms. The van der Waals surface area contributed by atoms with Crippen molar-refractivity contribution < 1.29 is 4.79 Å². The first-order valence-electron chi connectivity index (χ1n) is 7.46. The van der Waals surface area contributed by atoms with Crippen LogP contribution in [0.25, 0.3) is 0 Å². The Labute approximate surface area is 130 Å². The van der Waals surface area contributed by atoms with Gasteiger partial charge in [-0.05, 0) is 49.3 Å². The highest BCUT2D eigenvalue weighted by Gasteiger charge is 2.43. The van der Waals surface area contributed by atoms with Gasteiger partial charge in [-0.2, -0.15) is 0 Å². The van der Waals surface area contributed by atoms with Crippen LogP contribution in [0, 0.1) is 29.6 Å². The number of anilines is 1. The molecule has 3 N–H and O–H groups in total. The van der Waals surface area contributed by atoms with Crippen molar-refractivity contribution in [3.05, 3.63) is 28.8 Å². The molecule has 0 radical (unpaired) electrons. The van der Waals surface area contributed by atoms with Crippen molar-refractivity contribution in [2.75, 3.05) is 11.9 Å². The van der Waals surface area contributed by atoms with Crippen molar-refractivity contribution >= 4 is 23.2 Å². The van der Waals surface area contributed by atoms with E-state index in [1.807, 2.05) is 12.1 Å². The quantitative estimate of drug-likeness (QED) is 0.825. The molecule has 21 heavy (non-hydrogen) atoms. The fourth-order valence-electron chi connectivity index (χ4n) is 3.64. The van der Waals surface area contributed by atoms with Crippen LogP contribution in [0.4, 0.5) is 5.69 Å². The van der Waals surface area contributed by atoms with Gasteiger partial charge < -0.3 is 11.1 Å². The summed E-state index contributed by atoms with van der Waals surface area (Å²) in [5.41, 5.74) is 6.83. The fourth-order valence-corrected chi connectivity index (χ4v) is 3.81. The van der Waals surface area contributed by atoms with Crippen molar-refractivity contribution in [2.24, 2.45) is 23.5 Å². The van der Waals surface area contributed by atoms with E-state index in [-0.39, 0.29) is 11.8 Å². The van der Waals surface area contributed by atoms with Gasteiger partial charge in [0.15, 0.2) is 0 Å². The smallest absolute Gasteiger partial charge is 0.227 e. The molecule has 0 aromatic heterocycles. The molecule has 4 heteroatoms. The van der Waals surface area contributed by atoms with Gasteiger partial charge in [0, 0.05) is 11.5 Å². The molecule has 2 saturated carbocycles. The van der Waals surface area contributed by atoms with Crippen molar-refractivity contribution in [3.8, 4) is 11.8 Å². The highest BCUT2D eigenvalue weighted by molar-refractivity contribution is 6.33. The summed E-state index contributed by atoms with van der Waals surface area (Å²) in [5, 5.41) is 3.53. The van der Waals surface area contributed by atoms with E-state index in [0.29, 0.717) is 23.2 Å². The average Bonchev–Trinajstić information content (AvgIpc) is 3.10. The SMILES string of the molecule is NCC#Cc1ccc(Cl)c(NC(=O)C2CC3CCC2C3)c1. The van der Waals surface area contributed by atoms with Crippen molar-refractivity contribution in [3.63, 3.8) is 0 Å². The summed E-state index contributed by atoms with van der Waals surface area (Å²) < 4.78 is 0. The average molecular weight is 303 g/mol. The van der Waals surface area contributed by atoms with Crippen molar-refractivity contribution in [2.45, 2.75) is 25.7 Å². The van der Waals surface area contributed by atoms with Gasteiger partial charge in [-0.25, -0.2) is 0 Å². The third kappa shape index (κ3) is 3.07. The zero-order valence-corrected chi connectivity index (χ0v) is 12.6. The summed E-state index contributed by atoms with van der Waals surface area (Å²) in [5.74, 6) is 7.33. The highest BCUT2D eigenvalue weighted by atomic mass is 35.5. The van der Waals surface area contributed by atoms with Crippen LogP contribution < -0.4 is 11.1 Å². The molecule has 1 aromatic rings. The normalized spacial score (nSPS) is 26.3. The minimum atomic E-state index is 0.105. The van der Waals surface area contributed by atoms with Gasteiger partial charge in [0.25, 0.3) is 0 Å². The summed E-state index contributed by atoms with van der Waals surface area (Å²) in [6.07, 6.45) is 4.73. The number of carbonyl (C=O) groups excluding carboxylic acids is 1. The predicted octanol–water partition coefficient (Wildman–Crippen LogP) is 3.02. The molecule has 0 saturated heterocycles. The van der Waals surface area contributed by atoms with Crippen LogP contribution in [0.15, 0.2) is 18.2 Å². The molecule has 110 valence electrons. The van der Waals surface area contributed by atoms with E-state index in [1.165, 1.54) is 19.3 Å². The van der Waals surface area contributed by atoms with Gasteiger partial charge in [0.05, 0.1) is 17.3 Å². The summed E-state index contributed by atoms with van der Waals surface area (Å²) in [6.45, 7) is 0.315. The first-order chi connectivity index (χ1) is 10.2. The molecule has 0 heterocycles. The van der Waals surface area contributed by atoms with Crippen LogP contribution in [-0.4, -0.2) is 12.5 Å². The molecule has 2 aliphatic carbocycles. The molecule has 2 bridgehead atoms. The lowest BCUT2D eigenvalue weighted by Crippen LogP contribution is -2.27. The van der Waals surface area contributed by atoms with Crippen molar-refractivity contribution in [1.82, 2.24) is 0 Å². The lowest BCUT2D eigenvalue weighted by atomic mass is 9.88. The summed E-state index contributed by atoms with van der Waals surface area (Å²) in [4.78, 5) is 12.5. The minimum absolute atomic E-state index is 0.105. The Kier molecular flexibility index (Phi) is 4.19. The monoisotopic (exact) mass is 302 g/mol. The van der Waals surface area contributed by atoms with Crippen LogP contribution in [0.3, 0.4) is 0 Å². The molecule has 1 aromatic carbocycles. The van der Waals surface area contributed by atoms with Gasteiger partial charge in [-0.3, -0.25) is 4.79 Å². The molecule has 1 amide bonds. The second-order valence-electron chi connectivity index (χ2n) is 5.97. The summed E-state index contributed by atoms with van der Waals surface area (Å²) in [7, 11) is 0. The van der Waals surface area contributed by atoms with Crippen molar-refractivity contribution in [1.29, 1.82) is 0 Å². The van der Waals surface area contributed by atoms with E-state index in [0.717, 1.165) is 17.9 Å². The number of carbonyl (C=O) groups is 1. The van der Waals surface area contributed by atoms with Gasteiger partial charge in [0.2, 0.25) is 5.91 Å². The zero-order valence-electron chi connectivity index (χ0n) is 11.9. The van der Waals surface area contributed by atoms with E-state index >= 15 is 0 Å². The Morgan fingerprint density at radius 2 is 2.24 bits per heavy atom. The predicted molar refractivity (Wildman–Crippen MR) is 85.0 cm³/mol. The lowest BCUT2D eigenvalue weighted by molar-refractivity contribution is -0.121. The number of amides is 1. The van der Waals surface area contributed by atoms with E-state index < -0.39 is 0 Å². The maximum absolute atomic E-state index is 12.5. The van der Waals surface area contributed by atoms with Gasteiger partial charge in [-0.1, -0.05) is 29.9 Å². The van der Waals surface area contributed by atoms with E-state index in [4.69, 9.17) is 17.3 Å². The van der Waals surface area contributed by atoms with Gasteiger partial charge in [0.1, 0.15) is 0 Å². The van der Waals surface area contributed by atoms with Crippen LogP contribution >= 0.6 is 11.6 Å². The highest BCUT2D eigenvalue weighted by Crippen LogP contribution is 2.48. The largest absolute Gasteiger partial charge is 0.324 e. The Hall–Kier alpha value is -1.50. The maximum atomic E-state index is 12.5. The second kappa shape index (κ2) is 6.09. The molecular formula is C17H19ClN2O.